The van der Waals surface area contributed by atoms with Gasteiger partial charge in [-0.3, -0.25) is 19.0 Å². The molecule has 1 unspecified atom stereocenters. The molecule has 2 N–H and O–H groups in total. The van der Waals surface area contributed by atoms with Crippen molar-refractivity contribution in [3.63, 3.8) is 0 Å². The number of para-hydroxylation sites is 3. The average Bonchev–Trinajstić information content (AvgIpc) is 2.88. The average molecular weight is 487 g/mol. The predicted octanol–water partition coefficient (Wildman–Crippen LogP) is 4.24. The molecule has 1 aromatic heterocycles. The number of methoxy groups -OCH3 is 2. The molecule has 0 aliphatic heterocycles. The largest absolute Gasteiger partial charge is 0.493 e. The number of amides is 2. The number of carbonyl (C=O) groups is 2. The van der Waals surface area contributed by atoms with Crippen molar-refractivity contribution in [1.29, 1.82) is 0 Å². The molecule has 1 atom stereocenters. The minimum absolute atomic E-state index is 0.129. The number of rotatable bonds is 7. The quantitative estimate of drug-likeness (QED) is 0.404. The maximum Gasteiger partial charge on any atom is 0.278 e. The molecule has 0 fully saturated rings. The summed E-state index contributed by atoms with van der Waals surface area (Å²) >= 11 is 0. The van der Waals surface area contributed by atoms with Gasteiger partial charge in [0.15, 0.2) is 11.5 Å². The molecule has 2 amide bonds. The molecular weight excluding hydrogens is 460 g/mol. The highest BCUT2D eigenvalue weighted by molar-refractivity contribution is 5.96. The summed E-state index contributed by atoms with van der Waals surface area (Å²) in [7, 11) is 3.04. The van der Waals surface area contributed by atoms with Crippen molar-refractivity contribution in [1.82, 2.24) is 9.55 Å². The number of anilines is 2. The van der Waals surface area contributed by atoms with Crippen molar-refractivity contribution >= 4 is 34.2 Å². The van der Waals surface area contributed by atoms with Crippen molar-refractivity contribution in [2.45, 2.75) is 19.9 Å². The summed E-state index contributed by atoms with van der Waals surface area (Å²) < 4.78 is 12.0. The lowest BCUT2D eigenvalue weighted by molar-refractivity contribution is -0.118. The highest BCUT2D eigenvalue weighted by atomic mass is 16.5. The summed E-state index contributed by atoms with van der Waals surface area (Å²) in [4.78, 5) is 43.4. The fourth-order valence-electron chi connectivity index (χ4n) is 3.98. The summed E-state index contributed by atoms with van der Waals surface area (Å²) in [6, 6.07) is 18.2. The van der Waals surface area contributed by atoms with Gasteiger partial charge in [0.25, 0.3) is 5.56 Å². The Morgan fingerprint density at radius 2 is 1.61 bits per heavy atom. The van der Waals surface area contributed by atoms with Crippen molar-refractivity contribution in [3.05, 3.63) is 77.1 Å². The van der Waals surface area contributed by atoms with Crippen LogP contribution in [0.1, 0.15) is 19.9 Å². The number of hydrogen-bond acceptors (Lipinski definition) is 6. The van der Waals surface area contributed by atoms with Crippen LogP contribution in [0.4, 0.5) is 11.4 Å². The number of nitrogens with one attached hydrogen (secondary N) is 2. The van der Waals surface area contributed by atoms with Gasteiger partial charge in [0.2, 0.25) is 11.8 Å². The fourth-order valence-corrected chi connectivity index (χ4v) is 3.98. The number of hydrogen-bond donors (Lipinski definition) is 2. The second-order valence-electron chi connectivity index (χ2n) is 8.09. The maximum atomic E-state index is 13.8. The summed E-state index contributed by atoms with van der Waals surface area (Å²) in [5, 5.41) is 5.59. The van der Waals surface area contributed by atoms with E-state index in [4.69, 9.17) is 9.47 Å². The Hall–Kier alpha value is -4.66. The monoisotopic (exact) mass is 486 g/mol. The van der Waals surface area contributed by atoms with Crippen LogP contribution in [0.25, 0.3) is 22.3 Å². The molecule has 36 heavy (non-hydrogen) atoms. The molecule has 0 saturated heterocycles. The highest BCUT2D eigenvalue weighted by Crippen LogP contribution is 2.30. The van der Waals surface area contributed by atoms with E-state index in [-0.39, 0.29) is 11.6 Å². The number of ether oxygens (including phenoxy) is 2. The first-order valence-electron chi connectivity index (χ1n) is 11.2. The van der Waals surface area contributed by atoms with E-state index in [0.29, 0.717) is 39.5 Å². The molecule has 3 aromatic carbocycles. The van der Waals surface area contributed by atoms with Gasteiger partial charge in [0.1, 0.15) is 11.7 Å². The number of aromatic nitrogens is 2. The summed E-state index contributed by atoms with van der Waals surface area (Å²) in [6.07, 6.45) is 0. The van der Waals surface area contributed by atoms with Crippen LogP contribution in [0, 0.1) is 0 Å². The van der Waals surface area contributed by atoms with Gasteiger partial charge in [0.05, 0.1) is 30.9 Å². The van der Waals surface area contributed by atoms with Crippen molar-refractivity contribution in [2.24, 2.45) is 0 Å². The van der Waals surface area contributed by atoms with Crippen LogP contribution in [-0.4, -0.2) is 35.6 Å². The van der Waals surface area contributed by atoms with E-state index in [1.807, 2.05) is 6.07 Å². The van der Waals surface area contributed by atoms with Crippen molar-refractivity contribution < 1.29 is 19.1 Å². The lowest BCUT2D eigenvalue weighted by Crippen LogP contribution is -2.33. The zero-order valence-electron chi connectivity index (χ0n) is 20.4. The molecule has 0 spiro atoms. The Morgan fingerprint density at radius 3 is 2.33 bits per heavy atom. The molecular formula is C27H26N4O5. The molecule has 1 heterocycles. The van der Waals surface area contributed by atoms with E-state index in [9.17, 15) is 14.4 Å². The molecule has 0 saturated carbocycles. The maximum absolute atomic E-state index is 13.8. The van der Waals surface area contributed by atoms with Gasteiger partial charge in [-0.15, -0.1) is 0 Å². The summed E-state index contributed by atoms with van der Waals surface area (Å²) in [5.41, 5.74) is 2.13. The second kappa shape index (κ2) is 10.3. The normalized spacial score (nSPS) is 11.6. The molecule has 4 aromatic rings. The number of nitrogens with zero attached hydrogens (tertiary/aromatic N) is 2. The lowest BCUT2D eigenvalue weighted by atomic mass is 10.1. The smallest absolute Gasteiger partial charge is 0.278 e. The summed E-state index contributed by atoms with van der Waals surface area (Å²) in [6.45, 7) is 3.04. The predicted molar refractivity (Wildman–Crippen MR) is 139 cm³/mol. The van der Waals surface area contributed by atoms with Crippen LogP contribution in [0.5, 0.6) is 11.5 Å². The van der Waals surface area contributed by atoms with Gasteiger partial charge in [-0.25, -0.2) is 4.98 Å². The van der Waals surface area contributed by atoms with Crippen LogP contribution in [0.3, 0.4) is 0 Å². The SMILES string of the molecule is COc1ccc(NC(=O)C(C)n2c(=O)c(-c3ccccc3NC(C)=O)nc3ccccc32)cc1OC. The minimum atomic E-state index is -0.884. The Labute approximate surface area is 207 Å². The molecule has 0 aliphatic carbocycles. The van der Waals surface area contributed by atoms with Gasteiger partial charge in [0, 0.05) is 24.2 Å². The molecule has 4 rings (SSSR count). The summed E-state index contributed by atoms with van der Waals surface area (Å²) in [5.74, 6) is 0.321. The van der Waals surface area contributed by atoms with Crippen molar-refractivity contribution in [3.8, 4) is 22.8 Å². The fraction of sp³-hybridized carbons (Fsp3) is 0.185. The Morgan fingerprint density at radius 1 is 0.917 bits per heavy atom. The van der Waals surface area contributed by atoms with Crippen LogP contribution >= 0.6 is 0 Å². The van der Waals surface area contributed by atoms with E-state index in [0.717, 1.165) is 0 Å². The third-order valence-electron chi connectivity index (χ3n) is 5.71. The number of fused-ring (bicyclic) bond motifs is 1. The Kier molecular flexibility index (Phi) is 7.00. The minimum Gasteiger partial charge on any atom is -0.493 e. The zero-order valence-corrected chi connectivity index (χ0v) is 20.4. The first-order valence-corrected chi connectivity index (χ1v) is 11.2. The zero-order chi connectivity index (χ0) is 25.8. The number of benzene rings is 3. The van der Waals surface area contributed by atoms with Gasteiger partial charge in [-0.2, -0.15) is 0 Å². The van der Waals surface area contributed by atoms with Crippen LogP contribution < -0.4 is 25.7 Å². The first kappa shape index (κ1) is 24.5. The van der Waals surface area contributed by atoms with E-state index < -0.39 is 17.5 Å². The van der Waals surface area contributed by atoms with Crippen LogP contribution in [-0.2, 0) is 9.59 Å². The third-order valence-corrected chi connectivity index (χ3v) is 5.71. The molecule has 0 aliphatic rings. The van der Waals surface area contributed by atoms with E-state index in [1.165, 1.54) is 25.7 Å². The molecule has 184 valence electrons. The van der Waals surface area contributed by atoms with Crippen LogP contribution in [0.2, 0.25) is 0 Å². The van der Waals surface area contributed by atoms with Gasteiger partial charge in [-0.1, -0.05) is 30.3 Å². The first-order chi connectivity index (χ1) is 17.3. The molecule has 0 bridgehead atoms. The van der Waals surface area contributed by atoms with Crippen LogP contribution in [0.15, 0.2) is 71.5 Å². The lowest BCUT2D eigenvalue weighted by Gasteiger charge is -2.20. The molecule has 9 heteroatoms. The topological polar surface area (TPSA) is 112 Å². The van der Waals surface area contributed by atoms with E-state index >= 15 is 0 Å². The Bertz CT molecular complexity index is 1510. The second-order valence-corrected chi connectivity index (χ2v) is 8.09. The standard InChI is InChI=1S/C27H26N4O5/c1-16(26(33)29-18-13-14-23(35-3)24(15-18)36-4)31-22-12-8-7-11-21(22)30-25(27(31)34)19-9-5-6-10-20(19)28-17(2)32/h5-16H,1-4H3,(H,28,32)(H,29,33). The third kappa shape index (κ3) is 4.76. The molecule has 0 radical (unpaired) electrons. The molecule has 9 nitrogen and oxygen atoms in total. The van der Waals surface area contributed by atoms with E-state index in [2.05, 4.69) is 15.6 Å². The van der Waals surface area contributed by atoms with Gasteiger partial charge < -0.3 is 20.1 Å². The van der Waals surface area contributed by atoms with Crippen molar-refractivity contribution in [2.75, 3.05) is 24.9 Å². The highest BCUT2D eigenvalue weighted by Gasteiger charge is 2.23. The van der Waals surface area contributed by atoms with Gasteiger partial charge >= 0.3 is 0 Å². The number of carbonyl (C=O) groups excluding carboxylic acids is 2. The Balaban J connectivity index is 1.80. The van der Waals surface area contributed by atoms with Gasteiger partial charge in [-0.05, 0) is 37.3 Å². The van der Waals surface area contributed by atoms with E-state index in [1.54, 1.807) is 67.6 Å².